The highest BCUT2D eigenvalue weighted by molar-refractivity contribution is 6.31. The van der Waals surface area contributed by atoms with Gasteiger partial charge in [-0.3, -0.25) is 44.0 Å². The Bertz CT molecular complexity index is 2640. The normalized spacial score (nSPS) is 23.9. The maximum absolute atomic E-state index is 15.7. The molecule has 2 bridgehead atoms. The van der Waals surface area contributed by atoms with Crippen LogP contribution >= 0.6 is 11.6 Å². The summed E-state index contributed by atoms with van der Waals surface area (Å²) >= 11 is 6.02. The molecular weight excluding hydrogens is 876 g/mol. The summed E-state index contributed by atoms with van der Waals surface area (Å²) < 4.78 is 41.4. The highest BCUT2D eigenvalue weighted by atomic mass is 35.5. The van der Waals surface area contributed by atoms with Crippen LogP contribution in [0.2, 0.25) is 5.02 Å². The number of imide groups is 2. The number of nitrogens with zero attached hydrogens (tertiary/aromatic N) is 6. The predicted molar refractivity (Wildman–Crippen MR) is 240 cm³/mol. The van der Waals surface area contributed by atoms with E-state index in [1.165, 1.54) is 30.6 Å². The Kier molecular flexibility index (Phi) is 12.1. The van der Waals surface area contributed by atoms with Crippen molar-refractivity contribution < 1.29 is 42.2 Å². The van der Waals surface area contributed by atoms with E-state index in [4.69, 9.17) is 21.1 Å². The van der Waals surface area contributed by atoms with E-state index in [2.05, 4.69) is 35.7 Å². The van der Waals surface area contributed by atoms with Gasteiger partial charge < -0.3 is 25.0 Å². The van der Waals surface area contributed by atoms with Gasteiger partial charge in [0.05, 0.1) is 46.3 Å². The molecule has 0 radical (unpaired) electrons. The van der Waals surface area contributed by atoms with Crippen molar-refractivity contribution in [3.05, 3.63) is 88.7 Å². The Morgan fingerprint density at radius 3 is 2.42 bits per heavy atom. The van der Waals surface area contributed by atoms with Gasteiger partial charge in [0.15, 0.2) is 0 Å². The van der Waals surface area contributed by atoms with Crippen LogP contribution in [0.5, 0.6) is 5.75 Å². The van der Waals surface area contributed by atoms with Crippen molar-refractivity contribution in [2.75, 3.05) is 68.0 Å². The summed E-state index contributed by atoms with van der Waals surface area (Å²) in [6, 6.07) is 9.70. The number of hydrogen-bond acceptors (Lipinski definition) is 13. The fraction of sp³-hybridized carbons (Fsp3) is 0.426. The first-order valence-electron chi connectivity index (χ1n) is 22.5. The van der Waals surface area contributed by atoms with E-state index in [9.17, 15) is 28.4 Å². The number of anilines is 4. The van der Waals surface area contributed by atoms with Crippen molar-refractivity contribution in [1.82, 2.24) is 30.0 Å². The highest BCUT2D eigenvalue weighted by Gasteiger charge is 2.47. The minimum absolute atomic E-state index is 0.00870. The molecular formula is C47H48ClF2N9O7. The molecule has 3 N–H and O–H groups in total. The van der Waals surface area contributed by atoms with Crippen molar-refractivity contribution in [3.8, 4) is 5.75 Å². The Morgan fingerprint density at radius 1 is 0.924 bits per heavy atom. The third-order valence-electron chi connectivity index (χ3n) is 13.6. The van der Waals surface area contributed by atoms with Gasteiger partial charge in [-0.05, 0) is 87.5 Å². The Hall–Kier alpha value is -6.08. The largest absolute Gasteiger partial charge is 0.486 e. The fourth-order valence-electron chi connectivity index (χ4n) is 10.2. The van der Waals surface area contributed by atoms with Gasteiger partial charge in [0, 0.05) is 74.3 Å². The summed E-state index contributed by atoms with van der Waals surface area (Å²) in [6.07, 6.45) is 9.36. The van der Waals surface area contributed by atoms with Crippen LogP contribution in [0.4, 0.5) is 31.7 Å². The van der Waals surface area contributed by atoms with E-state index < -0.39 is 41.3 Å². The first kappa shape index (κ1) is 43.8. The third-order valence-corrected chi connectivity index (χ3v) is 13.9. The van der Waals surface area contributed by atoms with Gasteiger partial charge in [0.25, 0.3) is 11.8 Å². The van der Waals surface area contributed by atoms with Crippen molar-refractivity contribution in [1.29, 1.82) is 0 Å². The first-order valence-corrected chi connectivity index (χ1v) is 22.8. The lowest BCUT2D eigenvalue weighted by molar-refractivity contribution is -0.136. The van der Waals surface area contributed by atoms with Crippen molar-refractivity contribution in [2.45, 2.75) is 69.2 Å². The molecule has 5 amide bonds. The summed E-state index contributed by atoms with van der Waals surface area (Å²) in [6.45, 7) is 5.53. The van der Waals surface area contributed by atoms with Gasteiger partial charge in [-0.25, -0.2) is 18.7 Å². The monoisotopic (exact) mass is 923 g/mol. The lowest BCUT2D eigenvalue weighted by Crippen LogP contribution is -2.55. The van der Waals surface area contributed by atoms with Crippen molar-refractivity contribution in [2.24, 2.45) is 5.92 Å². The van der Waals surface area contributed by atoms with Crippen LogP contribution in [0.3, 0.4) is 0 Å². The number of ether oxygens (including phenoxy) is 2. The summed E-state index contributed by atoms with van der Waals surface area (Å²) in [7, 11) is 0. The molecule has 0 saturated carbocycles. The summed E-state index contributed by atoms with van der Waals surface area (Å²) in [4.78, 5) is 80.9. The summed E-state index contributed by atoms with van der Waals surface area (Å²) in [5.41, 5.74) is 1.84. The first-order chi connectivity index (χ1) is 31.9. The molecule has 6 aliphatic heterocycles. The van der Waals surface area contributed by atoms with Crippen LogP contribution < -0.4 is 25.6 Å². The Morgan fingerprint density at radius 2 is 1.70 bits per heavy atom. The number of rotatable bonds is 12. The molecule has 5 saturated heterocycles. The van der Waals surface area contributed by atoms with E-state index in [-0.39, 0.29) is 58.8 Å². The number of aromatic nitrogens is 2. The maximum Gasteiger partial charge on any atom is 0.262 e. The van der Waals surface area contributed by atoms with Crippen LogP contribution in [0.25, 0.3) is 10.9 Å². The van der Waals surface area contributed by atoms with E-state index in [0.29, 0.717) is 79.0 Å². The quantitative estimate of drug-likeness (QED) is 0.121. The molecule has 3 aromatic carbocycles. The van der Waals surface area contributed by atoms with Crippen LogP contribution in [0.1, 0.15) is 65.7 Å². The average Bonchev–Trinajstić information content (AvgIpc) is 3.96. The molecule has 16 nitrogen and oxygen atoms in total. The minimum atomic E-state index is -1.11. The number of halogens is 3. The van der Waals surface area contributed by atoms with Gasteiger partial charge in [-0.1, -0.05) is 17.7 Å². The smallest absolute Gasteiger partial charge is 0.262 e. The molecule has 10 rings (SSSR count). The van der Waals surface area contributed by atoms with Crippen molar-refractivity contribution >= 4 is 74.9 Å². The van der Waals surface area contributed by atoms with Gasteiger partial charge in [0.2, 0.25) is 17.7 Å². The molecule has 66 heavy (non-hydrogen) atoms. The molecule has 0 aliphatic carbocycles. The van der Waals surface area contributed by atoms with Gasteiger partial charge in [-0.2, -0.15) is 0 Å². The number of carbonyl (C=O) groups is 5. The number of amides is 5. The molecule has 1 aromatic heterocycles. The minimum Gasteiger partial charge on any atom is -0.486 e. The number of carbonyl (C=O) groups excluding carboxylic acids is 5. The molecule has 5 fully saturated rings. The van der Waals surface area contributed by atoms with Crippen LogP contribution in [-0.4, -0.2) is 131 Å². The van der Waals surface area contributed by atoms with E-state index in [1.54, 1.807) is 18.2 Å². The van der Waals surface area contributed by atoms with Gasteiger partial charge in [-0.15, -0.1) is 0 Å². The SMILES string of the molecule is O=C(/C=C/CN1CCC(CN2C3CCC2CN(c2cc4c(cc2F)C(=O)N(C2CCC(=O)NC2=O)C4=O)C3)CC1)Nc1cc2c(Nc3ccc(F)c(Cl)c3)ncnc2cc1O[C@H]1CCOC1. The van der Waals surface area contributed by atoms with E-state index >= 15 is 4.39 Å². The molecule has 4 atom stereocenters. The number of piperazine rings is 1. The molecule has 6 aliphatic rings. The third kappa shape index (κ3) is 8.81. The summed E-state index contributed by atoms with van der Waals surface area (Å²) in [5, 5.41) is 8.93. The van der Waals surface area contributed by atoms with Crippen LogP contribution in [0, 0.1) is 17.6 Å². The number of nitrogens with one attached hydrogen (secondary N) is 3. The molecule has 7 heterocycles. The highest BCUT2D eigenvalue weighted by Crippen LogP contribution is 2.39. The topological polar surface area (TPSA) is 179 Å². The predicted octanol–water partition coefficient (Wildman–Crippen LogP) is 5.43. The van der Waals surface area contributed by atoms with Gasteiger partial charge >= 0.3 is 0 Å². The summed E-state index contributed by atoms with van der Waals surface area (Å²) in [5.74, 6) is -2.59. The zero-order chi connectivity index (χ0) is 45.6. The maximum atomic E-state index is 15.7. The zero-order valence-electron chi connectivity index (χ0n) is 35.9. The van der Waals surface area contributed by atoms with E-state index in [0.717, 1.165) is 56.3 Å². The Balaban J connectivity index is 0.733. The standard InChI is InChI=1S/C47H48ClF2N9O7/c48-34-16-27(3-6-35(34)49)53-44-33-18-38(41(20-37(33)51-25-52-44)66-30-11-15-65-24-30)54-42(60)2-1-12-56-13-9-26(10-14-56)21-58-28-4-5-29(58)23-57(22-28)40-19-32-31(17-36(40)50)46(63)59(47(32)64)39-7-8-43(61)55-45(39)62/h1-3,6,16-20,25-26,28-30,39H,4-5,7-15,21-24H2,(H,54,60)(H,51,52,53)(H,55,61,62)/b2-1+/t28?,29?,30-,39?/m0/s1. The number of fused-ring (bicyclic) bond motifs is 4. The lowest BCUT2D eigenvalue weighted by atomic mass is 9.95. The fourth-order valence-corrected chi connectivity index (χ4v) is 10.4. The van der Waals surface area contributed by atoms with Crippen LogP contribution in [0.15, 0.2) is 60.9 Å². The van der Waals surface area contributed by atoms with Crippen LogP contribution in [-0.2, 0) is 19.1 Å². The van der Waals surface area contributed by atoms with Gasteiger partial charge in [0.1, 0.15) is 41.7 Å². The number of hydrogen-bond donors (Lipinski definition) is 3. The second-order valence-corrected chi connectivity index (χ2v) is 18.3. The molecule has 344 valence electrons. The average molecular weight is 924 g/mol. The molecule has 19 heteroatoms. The number of benzene rings is 3. The zero-order valence-corrected chi connectivity index (χ0v) is 36.7. The Labute approximate surface area is 383 Å². The molecule has 4 aromatic rings. The lowest BCUT2D eigenvalue weighted by Gasteiger charge is -2.44. The number of likely N-dealkylation sites (tertiary alicyclic amines) is 1. The van der Waals surface area contributed by atoms with E-state index in [1.807, 2.05) is 11.0 Å². The molecule has 0 spiro atoms. The molecule has 3 unspecified atom stereocenters. The number of piperidine rings is 2. The van der Waals surface area contributed by atoms with Crippen molar-refractivity contribution in [3.63, 3.8) is 0 Å². The second kappa shape index (κ2) is 18.3. The second-order valence-electron chi connectivity index (χ2n) is 17.9.